The van der Waals surface area contributed by atoms with Crippen LogP contribution >= 0.6 is 11.6 Å². The van der Waals surface area contributed by atoms with Crippen molar-refractivity contribution >= 4 is 23.2 Å². The molecule has 0 unspecified atom stereocenters. The van der Waals surface area contributed by atoms with Crippen LogP contribution in [0, 0.1) is 0 Å². The van der Waals surface area contributed by atoms with E-state index in [0.717, 1.165) is 5.56 Å². The van der Waals surface area contributed by atoms with Crippen molar-refractivity contribution in [1.29, 1.82) is 0 Å². The van der Waals surface area contributed by atoms with Gasteiger partial charge in [0.1, 0.15) is 5.75 Å². The highest BCUT2D eigenvalue weighted by atomic mass is 35.5. The summed E-state index contributed by atoms with van der Waals surface area (Å²) in [5.41, 5.74) is 1.62. The third-order valence-corrected chi connectivity index (χ3v) is 3.28. The van der Waals surface area contributed by atoms with Crippen LogP contribution in [0.25, 0.3) is 0 Å². The average molecular weight is 290 g/mol. The molecule has 0 saturated heterocycles. The zero-order valence-corrected chi connectivity index (χ0v) is 12.0. The highest BCUT2D eigenvalue weighted by Crippen LogP contribution is 2.21. The van der Waals surface area contributed by atoms with Crippen LogP contribution in [0.15, 0.2) is 48.5 Å². The number of likely N-dealkylation sites (N-methyl/N-ethyl adjacent to an activating group) is 1. The summed E-state index contributed by atoms with van der Waals surface area (Å²) in [6, 6.07) is 13.9. The Balaban J connectivity index is 2.15. The van der Waals surface area contributed by atoms with Crippen LogP contribution in [0.2, 0.25) is 5.02 Å². The Kier molecular flexibility index (Phi) is 4.64. The van der Waals surface area contributed by atoms with E-state index in [4.69, 9.17) is 11.6 Å². The molecular weight excluding hydrogens is 274 g/mol. The van der Waals surface area contributed by atoms with Gasteiger partial charge in [0.2, 0.25) is 5.91 Å². The molecular formula is C16H16ClNO2. The number of phenols is 1. The number of anilines is 1. The molecule has 20 heavy (non-hydrogen) atoms. The lowest BCUT2D eigenvalue weighted by atomic mass is 10.1. The lowest BCUT2D eigenvalue weighted by Crippen LogP contribution is -2.31. The molecule has 0 fully saturated rings. The number of halogens is 1. The molecule has 0 heterocycles. The standard InChI is InChI=1S/C16H16ClNO2/c1-2-18(14-4-3-5-15(19)11-14)16(20)10-12-6-8-13(17)9-7-12/h3-9,11,19H,2,10H2,1H3. The van der Waals surface area contributed by atoms with Crippen LogP contribution in [-0.2, 0) is 11.2 Å². The van der Waals surface area contributed by atoms with Gasteiger partial charge in [-0.15, -0.1) is 0 Å². The largest absolute Gasteiger partial charge is 0.508 e. The second-order valence-electron chi connectivity index (χ2n) is 4.46. The normalized spacial score (nSPS) is 10.3. The van der Waals surface area contributed by atoms with Gasteiger partial charge in [0.05, 0.1) is 6.42 Å². The van der Waals surface area contributed by atoms with Gasteiger partial charge in [0.15, 0.2) is 0 Å². The molecule has 1 N–H and O–H groups in total. The minimum absolute atomic E-state index is 0.0135. The number of carbonyl (C=O) groups is 1. The van der Waals surface area contributed by atoms with Crippen molar-refractivity contribution in [2.24, 2.45) is 0 Å². The van der Waals surface area contributed by atoms with E-state index in [1.165, 1.54) is 0 Å². The van der Waals surface area contributed by atoms with E-state index in [2.05, 4.69) is 0 Å². The van der Waals surface area contributed by atoms with E-state index in [1.54, 1.807) is 35.2 Å². The first-order chi connectivity index (χ1) is 9.60. The Hall–Kier alpha value is -2.00. The molecule has 0 atom stereocenters. The van der Waals surface area contributed by atoms with Crippen LogP contribution in [-0.4, -0.2) is 17.6 Å². The molecule has 3 nitrogen and oxygen atoms in total. The van der Waals surface area contributed by atoms with Gasteiger partial charge in [0, 0.05) is 23.3 Å². The minimum atomic E-state index is -0.0135. The van der Waals surface area contributed by atoms with E-state index in [-0.39, 0.29) is 11.7 Å². The van der Waals surface area contributed by atoms with Crippen LogP contribution < -0.4 is 4.90 Å². The van der Waals surface area contributed by atoms with Crippen molar-refractivity contribution < 1.29 is 9.90 Å². The number of carbonyl (C=O) groups excluding carboxylic acids is 1. The van der Waals surface area contributed by atoms with Crippen molar-refractivity contribution in [3.63, 3.8) is 0 Å². The third-order valence-electron chi connectivity index (χ3n) is 3.03. The summed E-state index contributed by atoms with van der Waals surface area (Å²) >= 11 is 5.83. The van der Waals surface area contributed by atoms with Gasteiger partial charge in [-0.05, 0) is 36.8 Å². The number of amides is 1. The van der Waals surface area contributed by atoms with Gasteiger partial charge in [0.25, 0.3) is 0 Å². The molecule has 0 aliphatic rings. The Morgan fingerprint density at radius 1 is 1.20 bits per heavy atom. The van der Waals surface area contributed by atoms with Gasteiger partial charge in [-0.2, -0.15) is 0 Å². The lowest BCUT2D eigenvalue weighted by molar-refractivity contribution is -0.117. The van der Waals surface area contributed by atoms with Gasteiger partial charge < -0.3 is 10.0 Å². The van der Waals surface area contributed by atoms with Gasteiger partial charge in [-0.25, -0.2) is 0 Å². The first-order valence-electron chi connectivity index (χ1n) is 6.44. The number of phenolic OH excluding ortho intramolecular Hbond substituents is 1. The highest BCUT2D eigenvalue weighted by molar-refractivity contribution is 6.30. The molecule has 2 aromatic rings. The Bertz CT molecular complexity index is 596. The maximum absolute atomic E-state index is 12.4. The predicted octanol–water partition coefficient (Wildman–Crippen LogP) is 3.64. The summed E-state index contributed by atoms with van der Waals surface area (Å²) in [6.07, 6.45) is 0.306. The molecule has 2 aromatic carbocycles. The topological polar surface area (TPSA) is 40.5 Å². The zero-order chi connectivity index (χ0) is 14.5. The summed E-state index contributed by atoms with van der Waals surface area (Å²) in [4.78, 5) is 14.0. The molecule has 0 aliphatic heterocycles. The molecule has 0 aliphatic carbocycles. The first-order valence-corrected chi connectivity index (χ1v) is 6.82. The summed E-state index contributed by atoms with van der Waals surface area (Å²) in [5.74, 6) is 0.140. The molecule has 0 saturated carbocycles. The summed E-state index contributed by atoms with van der Waals surface area (Å²) < 4.78 is 0. The quantitative estimate of drug-likeness (QED) is 0.933. The number of nitrogens with zero attached hydrogens (tertiary/aromatic N) is 1. The lowest BCUT2D eigenvalue weighted by Gasteiger charge is -2.21. The van der Waals surface area contributed by atoms with Crippen molar-refractivity contribution in [2.45, 2.75) is 13.3 Å². The Morgan fingerprint density at radius 3 is 2.50 bits per heavy atom. The maximum atomic E-state index is 12.4. The van der Waals surface area contributed by atoms with Gasteiger partial charge in [-0.1, -0.05) is 29.8 Å². The van der Waals surface area contributed by atoms with E-state index >= 15 is 0 Å². The Morgan fingerprint density at radius 2 is 1.90 bits per heavy atom. The number of aromatic hydroxyl groups is 1. The monoisotopic (exact) mass is 289 g/mol. The first kappa shape index (κ1) is 14.4. The number of hydrogen-bond acceptors (Lipinski definition) is 2. The molecule has 2 rings (SSSR count). The predicted molar refractivity (Wildman–Crippen MR) is 81.3 cm³/mol. The van der Waals surface area contributed by atoms with Crippen LogP contribution in [0.1, 0.15) is 12.5 Å². The smallest absolute Gasteiger partial charge is 0.231 e. The number of hydrogen-bond donors (Lipinski definition) is 1. The molecule has 104 valence electrons. The Labute approximate surface area is 123 Å². The van der Waals surface area contributed by atoms with Crippen molar-refractivity contribution in [1.82, 2.24) is 0 Å². The average Bonchev–Trinajstić information content (AvgIpc) is 2.42. The molecule has 0 radical (unpaired) electrons. The zero-order valence-electron chi connectivity index (χ0n) is 11.2. The fraction of sp³-hybridized carbons (Fsp3) is 0.188. The fourth-order valence-electron chi connectivity index (χ4n) is 2.04. The third kappa shape index (κ3) is 3.52. The summed E-state index contributed by atoms with van der Waals surface area (Å²) in [7, 11) is 0. The number of benzene rings is 2. The van der Waals surface area contributed by atoms with Crippen LogP contribution in [0.5, 0.6) is 5.75 Å². The van der Waals surface area contributed by atoms with E-state index in [0.29, 0.717) is 23.7 Å². The van der Waals surface area contributed by atoms with E-state index < -0.39 is 0 Å². The number of rotatable bonds is 4. The second kappa shape index (κ2) is 6.44. The molecule has 4 heteroatoms. The molecule has 0 spiro atoms. The second-order valence-corrected chi connectivity index (χ2v) is 4.90. The SMILES string of the molecule is CCN(C(=O)Cc1ccc(Cl)cc1)c1cccc(O)c1. The van der Waals surface area contributed by atoms with Crippen molar-refractivity contribution in [3.8, 4) is 5.75 Å². The van der Waals surface area contributed by atoms with Gasteiger partial charge >= 0.3 is 0 Å². The summed E-state index contributed by atoms with van der Waals surface area (Å²) in [5, 5.41) is 10.2. The fourth-order valence-corrected chi connectivity index (χ4v) is 2.16. The van der Waals surface area contributed by atoms with Crippen molar-refractivity contribution in [2.75, 3.05) is 11.4 Å². The summed E-state index contributed by atoms with van der Waals surface area (Å²) in [6.45, 7) is 2.46. The maximum Gasteiger partial charge on any atom is 0.231 e. The minimum Gasteiger partial charge on any atom is -0.508 e. The molecule has 0 bridgehead atoms. The van der Waals surface area contributed by atoms with E-state index in [9.17, 15) is 9.90 Å². The van der Waals surface area contributed by atoms with Crippen LogP contribution in [0.4, 0.5) is 5.69 Å². The van der Waals surface area contributed by atoms with Gasteiger partial charge in [-0.3, -0.25) is 4.79 Å². The molecule has 1 amide bonds. The highest BCUT2D eigenvalue weighted by Gasteiger charge is 2.14. The van der Waals surface area contributed by atoms with Crippen LogP contribution in [0.3, 0.4) is 0 Å². The van der Waals surface area contributed by atoms with Crippen molar-refractivity contribution in [3.05, 3.63) is 59.1 Å². The molecule has 0 aromatic heterocycles. The van der Waals surface area contributed by atoms with E-state index in [1.807, 2.05) is 25.1 Å².